The average molecular weight is 319 g/mol. The van der Waals surface area contributed by atoms with E-state index in [2.05, 4.69) is 10.5 Å². The van der Waals surface area contributed by atoms with Crippen molar-refractivity contribution in [3.63, 3.8) is 0 Å². The van der Waals surface area contributed by atoms with Gasteiger partial charge in [0.25, 0.3) is 0 Å². The lowest BCUT2D eigenvalue weighted by atomic mass is 9.98. The van der Waals surface area contributed by atoms with Crippen LogP contribution >= 0.6 is 23.2 Å². The van der Waals surface area contributed by atoms with E-state index in [1.54, 1.807) is 26.8 Å². The molecule has 1 N–H and O–H groups in total. The summed E-state index contributed by atoms with van der Waals surface area (Å²) in [6.45, 7) is 5.34. The van der Waals surface area contributed by atoms with E-state index >= 15 is 0 Å². The quantitative estimate of drug-likeness (QED) is 0.369. The number of alkyl halides is 1. The minimum atomic E-state index is -0.579. The van der Waals surface area contributed by atoms with E-state index in [0.717, 1.165) is 24.8 Å². The molecule has 0 spiro atoms. The molecule has 0 saturated carbocycles. The highest BCUT2D eigenvalue weighted by Crippen LogP contribution is 2.21. The standard InChI is InChI=1S/C14H20Cl2N2O2/c1-14(2,3)13(19)20-18-12-10(6-4-5-9-15)7-8-11(16)17-12/h7-8H,4-6,9H2,1-3H3,(H,17,18). The highest BCUT2D eigenvalue weighted by Gasteiger charge is 2.24. The molecule has 6 heteroatoms. The Kier molecular flexibility index (Phi) is 6.56. The van der Waals surface area contributed by atoms with Crippen LogP contribution in [-0.4, -0.2) is 16.8 Å². The molecular formula is C14H20Cl2N2O2. The predicted molar refractivity (Wildman–Crippen MR) is 82.1 cm³/mol. The van der Waals surface area contributed by atoms with Gasteiger partial charge in [-0.2, -0.15) is 0 Å². The van der Waals surface area contributed by atoms with Crippen LogP contribution in [0.4, 0.5) is 5.82 Å². The molecule has 0 unspecified atom stereocenters. The highest BCUT2D eigenvalue weighted by atomic mass is 35.5. The van der Waals surface area contributed by atoms with Crippen LogP contribution in [0, 0.1) is 5.41 Å². The molecule has 0 atom stereocenters. The fourth-order valence-electron chi connectivity index (χ4n) is 1.41. The lowest BCUT2D eigenvalue weighted by Crippen LogP contribution is -2.25. The topological polar surface area (TPSA) is 51.2 Å². The average Bonchev–Trinajstić information content (AvgIpc) is 2.37. The summed E-state index contributed by atoms with van der Waals surface area (Å²) in [5.74, 6) is 0.749. The van der Waals surface area contributed by atoms with Crippen molar-refractivity contribution in [3.05, 3.63) is 22.8 Å². The SMILES string of the molecule is CC(C)(C)C(=O)ONc1nc(Cl)ccc1CCCCCl. The van der Waals surface area contributed by atoms with Crippen molar-refractivity contribution in [2.75, 3.05) is 11.4 Å². The molecule has 0 bridgehead atoms. The van der Waals surface area contributed by atoms with Crippen LogP contribution in [0.15, 0.2) is 12.1 Å². The van der Waals surface area contributed by atoms with E-state index in [-0.39, 0.29) is 5.97 Å². The molecule has 112 valence electrons. The highest BCUT2D eigenvalue weighted by molar-refractivity contribution is 6.29. The molecule has 1 heterocycles. The smallest absolute Gasteiger partial charge is 0.337 e. The van der Waals surface area contributed by atoms with Gasteiger partial charge in [0.05, 0.1) is 5.41 Å². The second-order valence-corrected chi connectivity index (χ2v) is 6.29. The number of aromatic nitrogens is 1. The number of carbonyl (C=O) groups is 1. The number of rotatable bonds is 6. The first-order valence-corrected chi connectivity index (χ1v) is 7.44. The Morgan fingerprint density at radius 1 is 1.35 bits per heavy atom. The van der Waals surface area contributed by atoms with E-state index in [1.165, 1.54) is 0 Å². The molecule has 0 aliphatic rings. The molecule has 0 aliphatic carbocycles. The maximum atomic E-state index is 11.7. The third-order valence-electron chi connectivity index (χ3n) is 2.63. The molecule has 1 aromatic rings. The van der Waals surface area contributed by atoms with Crippen LogP contribution < -0.4 is 5.48 Å². The maximum absolute atomic E-state index is 11.7. The minimum Gasteiger partial charge on any atom is -0.341 e. The number of hydrogen-bond donors (Lipinski definition) is 1. The summed E-state index contributed by atoms with van der Waals surface area (Å²) in [6.07, 6.45) is 2.66. The normalized spacial score (nSPS) is 11.2. The first-order chi connectivity index (χ1) is 9.34. The third kappa shape index (κ3) is 5.55. The van der Waals surface area contributed by atoms with Gasteiger partial charge in [0.2, 0.25) is 0 Å². The molecule has 0 saturated heterocycles. The number of aryl methyl sites for hydroxylation is 1. The van der Waals surface area contributed by atoms with Crippen molar-refractivity contribution in [2.24, 2.45) is 5.41 Å². The van der Waals surface area contributed by atoms with E-state index in [9.17, 15) is 4.79 Å². The van der Waals surface area contributed by atoms with Crippen molar-refractivity contribution in [2.45, 2.75) is 40.0 Å². The fraction of sp³-hybridized carbons (Fsp3) is 0.571. The predicted octanol–water partition coefficient (Wildman–Crippen LogP) is 4.21. The Bertz CT molecular complexity index is 459. The molecule has 1 aromatic heterocycles. The molecule has 0 fully saturated rings. The van der Waals surface area contributed by atoms with Gasteiger partial charge in [0, 0.05) is 5.88 Å². The van der Waals surface area contributed by atoms with Crippen LogP contribution in [0.25, 0.3) is 0 Å². The van der Waals surface area contributed by atoms with Gasteiger partial charge < -0.3 is 4.84 Å². The van der Waals surface area contributed by atoms with Gasteiger partial charge in [0.1, 0.15) is 5.15 Å². The monoisotopic (exact) mass is 318 g/mol. The first kappa shape index (κ1) is 17.1. The number of halogens is 2. The third-order valence-corrected chi connectivity index (χ3v) is 3.11. The lowest BCUT2D eigenvalue weighted by Gasteiger charge is -2.17. The van der Waals surface area contributed by atoms with E-state index < -0.39 is 5.41 Å². The summed E-state index contributed by atoms with van der Waals surface area (Å²) in [6, 6.07) is 3.59. The number of unbranched alkanes of at least 4 members (excludes halogenated alkanes) is 1. The van der Waals surface area contributed by atoms with Crippen molar-refractivity contribution >= 4 is 35.0 Å². The van der Waals surface area contributed by atoms with Crippen molar-refractivity contribution in [1.29, 1.82) is 0 Å². The van der Waals surface area contributed by atoms with Gasteiger partial charge in [-0.1, -0.05) is 17.7 Å². The van der Waals surface area contributed by atoms with Crippen LogP contribution in [0.1, 0.15) is 39.2 Å². The number of nitrogens with zero attached hydrogens (tertiary/aromatic N) is 1. The molecule has 0 aromatic carbocycles. The van der Waals surface area contributed by atoms with Crippen LogP contribution in [-0.2, 0) is 16.1 Å². The Hall–Kier alpha value is -1.000. The van der Waals surface area contributed by atoms with E-state index in [4.69, 9.17) is 28.0 Å². The number of nitrogens with one attached hydrogen (secondary N) is 1. The Labute approximate surface area is 129 Å². The fourth-order valence-corrected chi connectivity index (χ4v) is 1.75. The largest absolute Gasteiger partial charge is 0.341 e. The van der Waals surface area contributed by atoms with Gasteiger partial charge >= 0.3 is 5.97 Å². The second kappa shape index (κ2) is 7.70. The summed E-state index contributed by atoms with van der Waals surface area (Å²) in [7, 11) is 0. The molecule has 20 heavy (non-hydrogen) atoms. The van der Waals surface area contributed by atoms with Crippen molar-refractivity contribution < 1.29 is 9.63 Å². The number of carbonyl (C=O) groups excluding carboxylic acids is 1. The van der Waals surface area contributed by atoms with Crippen LogP contribution in [0.3, 0.4) is 0 Å². The molecule has 0 amide bonds. The zero-order valence-electron chi connectivity index (χ0n) is 12.0. The number of anilines is 1. The lowest BCUT2D eigenvalue weighted by molar-refractivity contribution is -0.149. The van der Waals surface area contributed by atoms with Gasteiger partial charge in [-0.15, -0.1) is 11.6 Å². The van der Waals surface area contributed by atoms with Gasteiger partial charge in [-0.25, -0.2) is 15.3 Å². The Morgan fingerprint density at radius 3 is 2.65 bits per heavy atom. The summed E-state index contributed by atoms with van der Waals surface area (Å²) in [5.41, 5.74) is 2.98. The molecule has 4 nitrogen and oxygen atoms in total. The molecule has 1 rings (SSSR count). The minimum absolute atomic E-state index is 0.348. The number of pyridine rings is 1. The van der Waals surface area contributed by atoms with Crippen molar-refractivity contribution in [1.82, 2.24) is 4.98 Å². The molecule has 0 radical (unpaired) electrons. The first-order valence-electron chi connectivity index (χ1n) is 6.53. The van der Waals surface area contributed by atoms with Gasteiger partial charge in [-0.3, -0.25) is 0 Å². The summed E-state index contributed by atoms with van der Waals surface area (Å²) < 4.78 is 0. The zero-order valence-corrected chi connectivity index (χ0v) is 13.5. The Balaban J connectivity index is 2.72. The Morgan fingerprint density at radius 2 is 2.05 bits per heavy atom. The van der Waals surface area contributed by atoms with Gasteiger partial charge in [0.15, 0.2) is 5.82 Å². The van der Waals surface area contributed by atoms with Crippen LogP contribution in [0.5, 0.6) is 0 Å². The van der Waals surface area contributed by atoms with E-state index in [1.807, 2.05) is 6.07 Å². The summed E-state index contributed by atoms with van der Waals surface area (Å²) in [5, 5.41) is 0.348. The zero-order chi connectivity index (χ0) is 15.2. The van der Waals surface area contributed by atoms with Gasteiger partial charge in [-0.05, 0) is 51.7 Å². The molecular weight excluding hydrogens is 299 g/mol. The second-order valence-electron chi connectivity index (χ2n) is 5.53. The van der Waals surface area contributed by atoms with Crippen molar-refractivity contribution in [3.8, 4) is 0 Å². The number of hydrogen-bond acceptors (Lipinski definition) is 4. The maximum Gasteiger partial charge on any atom is 0.337 e. The summed E-state index contributed by atoms with van der Waals surface area (Å²) >= 11 is 11.5. The van der Waals surface area contributed by atoms with E-state index in [0.29, 0.717) is 16.9 Å². The summed E-state index contributed by atoms with van der Waals surface area (Å²) in [4.78, 5) is 20.9. The van der Waals surface area contributed by atoms with Crippen LogP contribution in [0.2, 0.25) is 5.15 Å². The molecule has 0 aliphatic heterocycles.